The van der Waals surface area contributed by atoms with Crippen LogP contribution in [0, 0.1) is 11.7 Å². The Morgan fingerprint density at radius 1 is 1.13 bits per heavy atom. The minimum atomic E-state index is -3.88. The van der Waals surface area contributed by atoms with Crippen LogP contribution in [-0.4, -0.2) is 39.5 Å². The Balaban J connectivity index is 2.54. The van der Waals surface area contributed by atoms with Gasteiger partial charge in [0.05, 0.1) is 4.90 Å². The van der Waals surface area contributed by atoms with Crippen LogP contribution in [0.4, 0.5) is 4.39 Å². The average Bonchev–Trinajstić information content (AvgIpc) is 3.21. The Bertz CT molecular complexity index is 799. The highest BCUT2D eigenvalue weighted by atomic mass is 32.2. The number of hydrogen-bond donors (Lipinski definition) is 0. The molecule has 0 saturated heterocycles. The summed E-state index contributed by atoms with van der Waals surface area (Å²) in [5.41, 5.74) is 0. The lowest BCUT2D eigenvalue weighted by Crippen LogP contribution is -2.43. The maximum absolute atomic E-state index is 13.7. The molecule has 1 aromatic rings. The summed E-state index contributed by atoms with van der Waals surface area (Å²) in [6.07, 6.45) is 2.43. The molecule has 5 nitrogen and oxygen atoms in total. The summed E-state index contributed by atoms with van der Waals surface area (Å²) < 4.78 is 64.4. The van der Waals surface area contributed by atoms with Crippen molar-refractivity contribution in [3.8, 4) is 0 Å². The van der Waals surface area contributed by atoms with Crippen molar-refractivity contribution >= 4 is 19.9 Å². The lowest BCUT2D eigenvalue weighted by molar-refractivity contribution is 0.269. The van der Waals surface area contributed by atoms with E-state index in [0.29, 0.717) is 0 Å². The number of nitrogens with zero attached hydrogens (tertiary/aromatic N) is 1. The predicted molar refractivity (Wildman–Crippen MR) is 85.9 cm³/mol. The third kappa shape index (κ3) is 3.75. The van der Waals surface area contributed by atoms with E-state index in [1.165, 1.54) is 4.31 Å². The van der Waals surface area contributed by atoms with Gasteiger partial charge in [0.1, 0.15) is 10.7 Å². The fourth-order valence-corrected chi connectivity index (χ4v) is 5.29. The van der Waals surface area contributed by atoms with Crippen molar-refractivity contribution in [2.45, 2.75) is 55.5 Å². The number of sulfone groups is 1. The first-order chi connectivity index (χ1) is 10.5. The Morgan fingerprint density at radius 3 is 2.13 bits per heavy atom. The molecule has 130 valence electrons. The molecule has 1 aliphatic rings. The molecule has 1 aliphatic carbocycles. The van der Waals surface area contributed by atoms with Crippen LogP contribution in [0.15, 0.2) is 28.0 Å². The third-order valence-electron chi connectivity index (χ3n) is 4.15. The fourth-order valence-electron chi connectivity index (χ4n) is 2.42. The molecule has 1 fully saturated rings. The summed E-state index contributed by atoms with van der Waals surface area (Å²) in [7, 11) is -7.72. The normalized spacial score (nSPS) is 17.7. The van der Waals surface area contributed by atoms with Crippen molar-refractivity contribution in [1.82, 2.24) is 4.31 Å². The van der Waals surface area contributed by atoms with Gasteiger partial charge >= 0.3 is 0 Å². The number of benzene rings is 1. The molecular weight excluding hydrogens is 341 g/mol. The molecular formula is C15H22FNO4S2. The van der Waals surface area contributed by atoms with Crippen LogP contribution in [0.2, 0.25) is 0 Å². The van der Waals surface area contributed by atoms with Crippen molar-refractivity contribution in [1.29, 1.82) is 0 Å². The van der Waals surface area contributed by atoms with E-state index in [2.05, 4.69) is 0 Å². The number of rotatable bonds is 6. The van der Waals surface area contributed by atoms with E-state index >= 15 is 0 Å². The first-order valence-corrected chi connectivity index (χ1v) is 10.8. The highest BCUT2D eigenvalue weighted by Gasteiger charge is 2.42. The summed E-state index contributed by atoms with van der Waals surface area (Å²) in [6.45, 7) is 5.70. The lowest BCUT2D eigenvalue weighted by Gasteiger charge is -2.31. The van der Waals surface area contributed by atoms with Gasteiger partial charge in [-0.2, -0.15) is 4.31 Å². The minimum Gasteiger partial charge on any atom is -0.224 e. The molecule has 0 unspecified atom stereocenters. The van der Waals surface area contributed by atoms with E-state index < -0.39 is 30.6 Å². The van der Waals surface area contributed by atoms with Gasteiger partial charge in [0, 0.05) is 18.3 Å². The summed E-state index contributed by atoms with van der Waals surface area (Å²) >= 11 is 0. The molecule has 2 rings (SSSR count). The van der Waals surface area contributed by atoms with Gasteiger partial charge in [-0.05, 0) is 43.9 Å². The third-order valence-corrected chi connectivity index (χ3v) is 7.30. The number of halogens is 1. The molecule has 1 saturated carbocycles. The Kier molecular flexibility index (Phi) is 4.90. The van der Waals surface area contributed by atoms with Gasteiger partial charge in [-0.25, -0.2) is 21.2 Å². The van der Waals surface area contributed by atoms with E-state index in [1.807, 2.05) is 20.8 Å². The fraction of sp³-hybridized carbons (Fsp3) is 0.600. The van der Waals surface area contributed by atoms with E-state index in [1.54, 1.807) is 0 Å². The molecule has 8 heteroatoms. The number of sulfonamides is 1. The summed E-state index contributed by atoms with van der Waals surface area (Å²) in [6, 6.07) is 2.65. The van der Waals surface area contributed by atoms with Crippen LogP contribution in [0.25, 0.3) is 0 Å². The standard InChI is InChI=1S/C15H22FNO4S2/c1-10(2)11(3)17(12-5-6-12)23(20,21)13-7-8-14(16)15(9-13)22(4,18)19/h7-12H,5-6H2,1-4H3/t11-/m1/s1. The van der Waals surface area contributed by atoms with Crippen molar-refractivity contribution < 1.29 is 21.2 Å². The van der Waals surface area contributed by atoms with Crippen molar-refractivity contribution in [2.24, 2.45) is 5.92 Å². The van der Waals surface area contributed by atoms with Gasteiger partial charge in [-0.1, -0.05) is 13.8 Å². The smallest absolute Gasteiger partial charge is 0.224 e. The largest absolute Gasteiger partial charge is 0.243 e. The van der Waals surface area contributed by atoms with Gasteiger partial charge in [-0.3, -0.25) is 0 Å². The van der Waals surface area contributed by atoms with Gasteiger partial charge in [0.15, 0.2) is 9.84 Å². The zero-order chi connectivity index (χ0) is 17.6. The maximum Gasteiger partial charge on any atom is 0.243 e. The van der Waals surface area contributed by atoms with Crippen LogP contribution in [0.1, 0.15) is 33.6 Å². The summed E-state index contributed by atoms with van der Waals surface area (Å²) in [5.74, 6) is -0.832. The molecule has 1 atom stereocenters. The van der Waals surface area contributed by atoms with Crippen molar-refractivity contribution in [3.05, 3.63) is 24.0 Å². The summed E-state index contributed by atoms with van der Waals surface area (Å²) in [4.78, 5) is -0.773. The van der Waals surface area contributed by atoms with Crippen LogP contribution < -0.4 is 0 Å². The van der Waals surface area contributed by atoms with Gasteiger partial charge in [0.25, 0.3) is 0 Å². The lowest BCUT2D eigenvalue weighted by atomic mass is 10.1. The second-order valence-electron chi connectivity index (χ2n) is 6.42. The van der Waals surface area contributed by atoms with Crippen LogP contribution >= 0.6 is 0 Å². The SMILES string of the molecule is CC(C)[C@@H](C)N(C1CC1)S(=O)(=O)c1ccc(F)c(S(C)(=O)=O)c1. The van der Waals surface area contributed by atoms with E-state index in [4.69, 9.17) is 0 Å². The average molecular weight is 363 g/mol. The highest BCUT2D eigenvalue weighted by Crippen LogP contribution is 2.36. The van der Waals surface area contributed by atoms with E-state index in [-0.39, 0.29) is 22.9 Å². The molecule has 0 spiro atoms. The van der Waals surface area contributed by atoms with E-state index in [0.717, 1.165) is 37.3 Å². The van der Waals surface area contributed by atoms with Crippen molar-refractivity contribution in [2.75, 3.05) is 6.26 Å². The maximum atomic E-state index is 13.7. The van der Waals surface area contributed by atoms with Gasteiger partial charge < -0.3 is 0 Å². The molecule has 0 radical (unpaired) electrons. The zero-order valence-electron chi connectivity index (χ0n) is 13.7. The van der Waals surface area contributed by atoms with Crippen LogP contribution in [-0.2, 0) is 19.9 Å². The Morgan fingerprint density at radius 2 is 1.70 bits per heavy atom. The number of hydrogen-bond acceptors (Lipinski definition) is 4. The highest BCUT2D eigenvalue weighted by molar-refractivity contribution is 7.91. The predicted octanol–water partition coefficient (Wildman–Crippen LogP) is 2.43. The molecule has 0 N–H and O–H groups in total. The first kappa shape index (κ1) is 18.4. The Hall–Kier alpha value is -0.990. The van der Waals surface area contributed by atoms with Crippen LogP contribution in [0.5, 0.6) is 0 Å². The van der Waals surface area contributed by atoms with Gasteiger partial charge in [-0.15, -0.1) is 0 Å². The van der Waals surface area contributed by atoms with Crippen molar-refractivity contribution in [3.63, 3.8) is 0 Å². The molecule has 23 heavy (non-hydrogen) atoms. The molecule has 0 amide bonds. The molecule has 0 bridgehead atoms. The summed E-state index contributed by atoms with van der Waals surface area (Å²) in [5, 5.41) is 0. The topological polar surface area (TPSA) is 71.5 Å². The molecule has 0 aromatic heterocycles. The monoisotopic (exact) mass is 363 g/mol. The second-order valence-corrected chi connectivity index (χ2v) is 10.2. The Labute approximate surface area is 137 Å². The second kappa shape index (κ2) is 6.14. The minimum absolute atomic E-state index is 0.0656. The molecule has 0 heterocycles. The zero-order valence-corrected chi connectivity index (χ0v) is 15.3. The quantitative estimate of drug-likeness (QED) is 0.778. The van der Waals surface area contributed by atoms with Gasteiger partial charge in [0.2, 0.25) is 10.0 Å². The van der Waals surface area contributed by atoms with Crippen LogP contribution in [0.3, 0.4) is 0 Å². The molecule has 0 aliphatic heterocycles. The first-order valence-electron chi connectivity index (χ1n) is 7.49. The van der Waals surface area contributed by atoms with E-state index in [9.17, 15) is 21.2 Å². The molecule has 1 aromatic carbocycles.